The molecule has 2 saturated heterocycles. The van der Waals surface area contributed by atoms with Gasteiger partial charge in [-0.05, 0) is 42.9 Å². The molecule has 5 rings (SSSR count). The molecule has 1 N–H and O–H groups in total. The predicted octanol–water partition coefficient (Wildman–Crippen LogP) is 3.49. The summed E-state index contributed by atoms with van der Waals surface area (Å²) >= 11 is 1.71. The normalized spacial score (nSPS) is 17.1. The molecule has 9 nitrogen and oxygen atoms in total. The SMILES string of the molecule is C=CC(=O)N1CC(CCN2CC=Cc3cnc(Nc4cccc(N5CCN(C(=O)CCSC)CC5)c4)nc32)C1. The third-order valence-corrected chi connectivity index (χ3v) is 8.20. The van der Waals surface area contributed by atoms with Gasteiger partial charge in [-0.15, -0.1) is 0 Å². The van der Waals surface area contributed by atoms with Gasteiger partial charge in [0.05, 0.1) is 0 Å². The van der Waals surface area contributed by atoms with E-state index in [0.717, 1.165) is 87.3 Å². The summed E-state index contributed by atoms with van der Waals surface area (Å²) in [7, 11) is 0. The lowest BCUT2D eigenvalue weighted by Gasteiger charge is -2.40. The highest BCUT2D eigenvalue weighted by Gasteiger charge is 2.30. The van der Waals surface area contributed by atoms with Crippen molar-refractivity contribution in [2.24, 2.45) is 5.92 Å². The molecule has 2 amide bonds. The Morgan fingerprint density at radius 2 is 2.00 bits per heavy atom. The third-order valence-electron chi connectivity index (χ3n) is 7.59. The van der Waals surface area contributed by atoms with E-state index in [1.165, 1.54) is 6.08 Å². The Balaban J connectivity index is 1.18. The van der Waals surface area contributed by atoms with Crippen molar-refractivity contribution >= 4 is 52.8 Å². The van der Waals surface area contributed by atoms with Gasteiger partial charge in [-0.2, -0.15) is 16.7 Å². The van der Waals surface area contributed by atoms with Crippen LogP contribution < -0.4 is 15.1 Å². The molecule has 0 spiro atoms. The molecule has 39 heavy (non-hydrogen) atoms. The minimum absolute atomic E-state index is 0.0176. The monoisotopic (exact) mass is 547 g/mol. The van der Waals surface area contributed by atoms with E-state index >= 15 is 0 Å². The summed E-state index contributed by atoms with van der Waals surface area (Å²) in [6, 6.07) is 8.30. The number of piperazine rings is 1. The average Bonchev–Trinajstić information content (AvgIpc) is 2.95. The second kappa shape index (κ2) is 12.5. The number of nitrogens with zero attached hydrogens (tertiary/aromatic N) is 6. The fourth-order valence-electron chi connectivity index (χ4n) is 5.27. The van der Waals surface area contributed by atoms with Crippen LogP contribution in [0.5, 0.6) is 0 Å². The summed E-state index contributed by atoms with van der Waals surface area (Å²) < 4.78 is 0. The minimum atomic E-state index is 0.0176. The molecule has 1 aromatic heterocycles. The summed E-state index contributed by atoms with van der Waals surface area (Å²) in [6.45, 7) is 10.0. The number of amides is 2. The van der Waals surface area contributed by atoms with Crippen molar-refractivity contribution in [2.45, 2.75) is 12.8 Å². The summed E-state index contributed by atoms with van der Waals surface area (Å²) in [5.74, 6) is 3.17. The molecular weight excluding hydrogens is 510 g/mol. The second-order valence-corrected chi connectivity index (χ2v) is 11.2. The fraction of sp³-hybridized carbons (Fsp3) is 0.448. The van der Waals surface area contributed by atoms with Crippen molar-refractivity contribution in [3.05, 3.63) is 54.8 Å². The second-order valence-electron chi connectivity index (χ2n) is 10.2. The molecule has 2 fully saturated rings. The molecule has 1 aromatic carbocycles. The maximum absolute atomic E-state index is 12.4. The van der Waals surface area contributed by atoms with Crippen LogP contribution in [0.4, 0.5) is 23.1 Å². The molecule has 206 valence electrons. The number of anilines is 4. The Bertz CT molecular complexity index is 1220. The Morgan fingerprint density at radius 3 is 2.77 bits per heavy atom. The number of carbonyl (C=O) groups is 2. The van der Waals surface area contributed by atoms with Gasteiger partial charge < -0.3 is 24.9 Å². The number of hydrogen-bond acceptors (Lipinski definition) is 8. The molecule has 0 radical (unpaired) electrons. The zero-order valence-electron chi connectivity index (χ0n) is 22.6. The van der Waals surface area contributed by atoms with Gasteiger partial charge in [0.15, 0.2) is 0 Å². The Hall–Kier alpha value is -3.53. The summed E-state index contributed by atoms with van der Waals surface area (Å²) in [4.78, 5) is 42.0. The highest BCUT2D eigenvalue weighted by molar-refractivity contribution is 7.98. The number of rotatable bonds is 10. The van der Waals surface area contributed by atoms with Gasteiger partial charge in [0, 0.05) is 87.7 Å². The molecule has 10 heteroatoms. The van der Waals surface area contributed by atoms with Crippen molar-refractivity contribution in [3.63, 3.8) is 0 Å². The summed E-state index contributed by atoms with van der Waals surface area (Å²) in [5, 5.41) is 3.40. The van der Waals surface area contributed by atoms with E-state index in [2.05, 4.69) is 51.0 Å². The number of thioether (sulfide) groups is 1. The Morgan fingerprint density at radius 1 is 1.18 bits per heavy atom. The lowest BCUT2D eigenvalue weighted by Crippen LogP contribution is -2.50. The molecule has 0 aliphatic carbocycles. The van der Waals surface area contributed by atoms with Crippen LogP contribution in [0, 0.1) is 5.92 Å². The first kappa shape index (κ1) is 27.1. The van der Waals surface area contributed by atoms with Crippen LogP contribution >= 0.6 is 11.8 Å². The molecule has 4 heterocycles. The van der Waals surface area contributed by atoms with Crippen LogP contribution in [0.25, 0.3) is 6.08 Å². The van der Waals surface area contributed by atoms with Gasteiger partial charge in [-0.1, -0.05) is 24.8 Å². The molecule has 3 aliphatic heterocycles. The fourth-order valence-corrected chi connectivity index (χ4v) is 5.65. The van der Waals surface area contributed by atoms with Gasteiger partial charge in [0.2, 0.25) is 17.8 Å². The quantitative estimate of drug-likeness (QED) is 0.453. The summed E-state index contributed by atoms with van der Waals surface area (Å²) in [5.41, 5.74) is 3.08. The van der Waals surface area contributed by atoms with E-state index in [-0.39, 0.29) is 11.8 Å². The topological polar surface area (TPSA) is 84.9 Å². The van der Waals surface area contributed by atoms with Gasteiger partial charge in [-0.25, -0.2) is 4.98 Å². The standard InChI is InChI=1S/C29H37N7O2S/c1-3-26(37)36-20-22(21-36)9-12-35-11-5-6-23-19-30-29(32-28(23)35)31-24-7-4-8-25(18-24)33-13-15-34(16-14-33)27(38)10-17-39-2/h3-8,18-19,22H,1,9-17,20-21H2,2H3,(H,30,31,32). The molecular formula is C29H37N7O2S. The highest BCUT2D eigenvalue weighted by Crippen LogP contribution is 2.28. The third kappa shape index (κ3) is 6.55. The number of likely N-dealkylation sites (tertiary alicyclic amines) is 1. The first-order valence-corrected chi connectivity index (χ1v) is 15.0. The maximum atomic E-state index is 12.4. The van der Waals surface area contributed by atoms with Gasteiger partial charge in [0.25, 0.3) is 0 Å². The molecule has 2 aromatic rings. The zero-order chi connectivity index (χ0) is 27.2. The Kier molecular flexibility index (Phi) is 8.71. The van der Waals surface area contributed by atoms with E-state index in [0.29, 0.717) is 18.3 Å². The minimum Gasteiger partial charge on any atom is -0.368 e. The molecule has 0 bridgehead atoms. The van der Waals surface area contributed by atoms with Crippen LogP contribution in [0.1, 0.15) is 18.4 Å². The largest absolute Gasteiger partial charge is 0.368 e. The van der Waals surface area contributed by atoms with Crippen LogP contribution in [-0.2, 0) is 9.59 Å². The first-order valence-electron chi connectivity index (χ1n) is 13.6. The highest BCUT2D eigenvalue weighted by atomic mass is 32.2. The smallest absolute Gasteiger partial charge is 0.245 e. The average molecular weight is 548 g/mol. The van der Waals surface area contributed by atoms with Gasteiger partial charge in [0.1, 0.15) is 5.82 Å². The van der Waals surface area contributed by atoms with Crippen molar-refractivity contribution in [1.29, 1.82) is 0 Å². The van der Waals surface area contributed by atoms with Crippen molar-refractivity contribution in [3.8, 4) is 0 Å². The number of hydrogen-bond donors (Lipinski definition) is 1. The maximum Gasteiger partial charge on any atom is 0.245 e. The van der Waals surface area contributed by atoms with E-state index in [4.69, 9.17) is 4.98 Å². The number of carbonyl (C=O) groups excluding carboxylic acids is 2. The van der Waals surface area contributed by atoms with Crippen LogP contribution in [0.15, 0.2) is 49.2 Å². The first-order chi connectivity index (χ1) is 19.0. The van der Waals surface area contributed by atoms with Crippen LogP contribution in [-0.4, -0.2) is 95.9 Å². The van der Waals surface area contributed by atoms with Gasteiger partial charge >= 0.3 is 0 Å². The van der Waals surface area contributed by atoms with Crippen molar-refractivity contribution < 1.29 is 9.59 Å². The Labute approximate surface area is 235 Å². The van der Waals surface area contributed by atoms with Crippen LogP contribution in [0.2, 0.25) is 0 Å². The molecule has 0 unspecified atom stereocenters. The number of benzene rings is 1. The molecule has 0 saturated carbocycles. The number of aromatic nitrogens is 2. The van der Waals surface area contributed by atoms with E-state index in [1.807, 2.05) is 34.4 Å². The lowest BCUT2D eigenvalue weighted by molar-refractivity contribution is -0.132. The number of nitrogens with one attached hydrogen (secondary N) is 1. The zero-order valence-corrected chi connectivity index (χ0v) is 23.4. The van der Waals surface area contributed by atoms with E-state index < -0.39 is 0 Å². The van der Waals surface area contributed by atoms with Crippen molar-refractivity contribution in [2.75, 3.05) is 79.5 Å². The van der Waals surface area contributed by atoms with E-state index in [1.54, 1.807) is 11.8 Å². The molecule has 0 atom stereocenters. The van der Waals surface area contributed by atoms with Crippen LogP contribution in [0.3, 0.4) is 0 Å². The predicted molar refractivity (Wildman–Crippen MR) is 160 cm³/mol. The lowest BCUT2D eigenvalue weighted by atomic mass is 9.95. The number of fused-ring (bicyclic) bond motifs is 1. The van der Waals surface area contributed by atoms with E-state index in [9.17, 15) is 9.59 Å². The molecule has 3 aliphatic rings. The van der Waals surface area contributed by atoms with Crippen molar-refractivity contribution in [1.82, 2.24) is 19.8 Å². The van der Waals surface area contributed by atoms with Gasteiger partial charge in [-0.3, -0.25) is 9.59 Å². The summed E-state index contributed by atoms with van der Waals surface area (Å²) in [6.07, 6.45) is 11.2.